The first kappa shape index (κ1) is 23.1. The lowest BCUT2D eigenvalue weighted by Gasteiger charge is -2.08. The molecule has 0 unspecified atom stereocenters. The van der Waals surface area contributed by atoms with Gasteiger partial charge in [0.15, 0.2) is 0 Å². The molecular formula is C39H23NO2. The molecule has 0 aliphatic heterocycles. The maximum absolute atomic E-state index is 6.55. The van der Waals surface area contributed by atoms with E-state index in [9.17, 15) is 0 Å². The van der Waals surface area contributed by atoms with Crippen molar-refractivity contribution >= 4 is 77.3 Å². The average molecular weight is 538 g/mol. The molecule has 0 atom stereocenters. The van der Waals surface area contributed by atoms with Crippen LogP contribution < -0.4 is 0 Å². The van der Waals surface area contributed by atoms with Crippen LogP contribution in [0, 0.1) is 0 Å². The second-order valence-electron chi connectivity index (χ2n) is 10.7. The Morgan fingerprint density at radius 3 is 2.02 bits per heavy atom. The molecule has 0 fully saturated rings. The zero-order valence-corrected chi connectivity index (χ0v) is 22.5. The monoisotopic (exact) mass is 537 g/mol. The molecule has 0 aliphatic carbocycles. The van der Waals surface area contributed by atoms with Gasteiger partial charge in [0.25, 0.3) is 0 Å². The maximum Gasteiger partial charge on any atom is 0.144 e. The number of nitrogens with zero attached hydrogens (tertiary/aromatic N) is 1. The van der Waals surface area contributed by atoms with Crippen molar-refractivity contribution in [3.63, 3.8) is 0 Å². The average Bonchev–Trinajstić information content (AvgIpc) is 3.60. The fourth-order valence-electron chi connectivity index (χ4n) is 6.40. The van der Waals surface area contributed by atoms with Crippen LogP contribution in [0.25, 0.3) is 76.5 Å². The maximum atomic E-state index is 6.55. The molecule has 0 aliphatic rings. The molecule has 3 heteroatoms. The van der Waals surface area contributed by atoms with E-state index in [-0.39, 0.29) is 0 Å². The van der Waals surface area contributed by atoms with Gasteiger partial charge in [-0.05, 0) is 57.6 Å². The number of rotatable bonds is 3. The van der Waals surface area contributed by atoms with E-state index < -0.39 is 0 Å². The molecule has 3 nitrogen and oxygen atoms in total. The molecule has 9 aromatic rings. The summed E-state index contributed by atoms with van der Waals surface area (Å²) in [6.45, 7) is 0. The summed E-state index contributed by atoms with van der Waals surface area (Å²) in [7, 11) is 0. The zero-order chi connectivity index (χ0) is 27.6. The van der Waals surface area contributed by atoms with E-state index in [1.807, 2.05) is 36.5 Å². The SMILES string of the molecule is C(=Nc1cc2ccccc2c2ccccc12)c1cccc(-c2c3oc4ccccc4c3cc3oc4ccccc4c23)c1. The highest BCUT2D eigenvalue weighted by Crippen LogP contribution is 2.45. The molecule has 0 radical (unpaired) electrons. The van der Waals surface area contributed by atoms with Gasteiger partial charge in [0.2, 0.25) is 0 Å². The van der Waals surface area contributed by atoms with Gasteiger partial charge in [-0.15, -0.1) is 0 Å². The Morgan fingerprint density at radius 2 is 1.17 bits per heavy atom. The molecule has 9 rings (SSSR count). The van der Waals surface area contributed by atoms with E-state index in [0.29, 0.717) is 0 Å². The van der Waals surface area contributed by atoms with Gasteiger partial charge in [-0.1, -0.05) is 103 Å². The fourth-order valence-corrected chi connectivity index (χ4v) is 6.40. The van der Waals surface area contributed by atoms with Gasteiger partial charge < -0.3 is 8.83 Å². The van der Waals surface area contributed by atoms with Crippen LogP contribution in [0.2, 0.25) is 0 Å². The molecule has 2 heterocycles. The van der Waals surface area contributed by atoms with E-state index in [2.05, 4.69) is 103 Å². The predicted molar refractivity (Wildman–Crippen MR) is 175 cm³/mol. The number of furan rings is 2. The quantitative estimate of drug-likeness (QED) is 0.166. The third kappa shape index (κ3) is 3.44. The van der Waals surface area contributed by atoms with Crippen molar-refractivity contribution in [2.45, 2.75) is 0 Å². The fraction of sp³-hybridized carbons (Fsp3) is 0. The van der Waals surface area contributed by atoms with Crippen molar-refractivity contribution < 1.29 is 8.83 Å². The Bertz CT molecular complexity index is 2520. The summed E-state index contributed by atoms with van der Waals surface area (Å²) in [4.78, 5) is 5.02. The van der Waals surface area contributed by atoms with Crippen molar-refractivity contribution in [2.24, 2.45) is 4.99 Å². The van der Waals surface area contributed by atoms with E-state index in [1.165, 1.54) is 16.2 Å². The van der Waals surface area contributed by atoms with Crippen LogP contribution in [0.1, 0.15) is 5.56 Å². The highest BCUT2D eigenvalue weighted by Gasteiger charge is 2.20. The Kier molecular flexibility index (Phi) is 4.90. The predicted octanol–water partition coefficient (Wildman–Crippen LogP) is 11.2. The van der Waals surface area contributed by atoms with Gasteiger partial charge in [-0.2, -0.15) is 0 Å². The number of hydrogen-bond acceptors (Lipinski definition) is 3. The summed E-state index contributed by atoms with van der Waals surface area (Å²) in [5.41, 5.74) is 7.52. The number of fused-ring (bicyclic) bond motifs is 9. The van der Waals surface area contributed by atoms with Crippen molar-refractivity contribution in [1.29, 1.82) is 0 Å². The molecule has 42 heavy (non-hydrogen) atoms. The third-order valence-corrected chi connectivity index (χ3v) is 8.28. The van der Waals surface area contributed by atoms with Crippen LogP contribution in [-0.4, -0.2) is 6.21 Å². The molecule has 0 spiro atoms. The Morgan fingerprint density at radius 1 is 0.476 bits per heavy atom. The van der Waals surface area contributed by atoms with Gasteiger partial charge in [0.1, 0.15) is 22.3 Å². The molecule has 2 aromatic heterocycles. The Labute approximate surface area is 240 Å². The largest absolute Gasteiger partial charge is 0.456 e. The second kappa shape index (κ2) is 8.92. The van der Waals surface area contributed by atoms with Crippen molar-refractivity contribution in [2.75, 3.05) is 0 Å². The molecular weight excluding hydrogens is 514 g/mol. The second-order valence-corrected chi connectivity index (χ2v) is 10.7. The molecule has 0 N–H and O–H groups in total. The lowest BCUT2D eigenvalue weighted by atomic mass is 9.95. The first-order valence-corrected chi connectivity index (χ1v) is 14.1. The Hall–Kier alpha value is -5.67. The summed E-state index contributed by atoms with van der Waals surface area (Å²) in [5, 5.41) is 9.04. The van der Waals surface area contributed by atoms with Crippen LogP contribution in [0.15, 0.2) is 147 Å². The van der Waals surface area contributed by atoms with Crippen LogP contribution in [0.4, 0.5) is 5.69 Å². The minimum absolute atomic E-state index is 0.854. The first-order chi connectivity index (χ1) is 20.8. The van der Waals surface area contributed by atoms with Gasteiger partial charge in [-0.3, -0.25) is 4.99 Å². The molecule has 7 aromatic carbocycles. The zero-order valence-electron chi connectivity index (χ0n) is 22.5. The number of para-hydroxylation sites is 2. The molecule has 0 saturated carbocycles. The molecule has 0 saturated heterocycles. The minimum atomic E-state index is 0.854. The van der Waals surface area contributed by atoms with Gasteiger partial charge >= 0.3 is 0 Å². The normalized spacial score (nSPS) is 12.2. The lowest BCUT2D eigenvalue weighted by molar-refractivity contribution is 0.664. The van der Waals surface area contributed by atoms with E-state index in [4.69, 9.17) is 13.8 Å². The van der Waals surface area contributed by atoms with E-state index >= 15 is 0 Å². The van der Waals surface area contributed by atoms with Crippen molar-refractivity contribution in [3.05, 3.63) is 139 Å². The standard InChI is InChI=1S/C39H23NO2/c1-2-13-27-25(11-1)21-33(29-15-4-3-14-28(27)29)40-23-24-10-9-12-26(20-24)37-38-31-17-6-8-19-35(31)41-36(38)22-32-30-16-5-7-18-34(30)42-39(32)37/h1-23H. The minimum Gasteiger partial charge on any atom is -0.456 e. The summed E-state index contributed by atoms with van der Waals surface area (Å²) >= 11 is 0. The summed E-state index contributed by atoms with van der Waals surface area (Å²) in [6, 6.07) is 46.2. The van der Waals surface area contributed by atoms with E-state index in [1.54, 1.807) is 0 Å². The smallest absolute Gasteiger partial charge is 0.144 e. The topological polar surface area (TPSA) is 38.6 Å². The molecule has 0 bridgehead atoms. The van der Waals surface area contributed by atoms with Crippen LogP contribution in [0.3, 0.4) is 0 Å². The number of aliphatic imine (C=N–C) groups is 1. The molecule has 196 valence electrons. The number of hydrogen-bond donors (Lipinski definition) is 0. The number of benzene rings is 7. The van der Waals surface area contributed by atoms with Crippen molar-refractivity contribution in [1.82, 2.24) is 0 Å². The lowest BCUT2D eigenvalue weighted by Crippen LogP contribution is -1.86. The highest BCUT2D eigenvalue weighted by molar-refractivity contribution is 6.23. The van der Waals surface area contributed by atoms with Gasteiger partial charge in [0, 0.05) is 38.7 Å². The Balaban J connectivity index is 1.26. The third-order valence-electron chi connectivity index (χ3n) is 8.28. The highest BCUT2D eigenvalue weighted by atomic mass is 16.3. The van der Waals surface area contributed by atoms with Gasteiger partial charge in [-0.25, -0.2) is 0 Å². The summed E-state index contributed by atoms with van der Waals surface area (Å²) in [5.74, 6) is 0. The van der Waals surface area contributed by atoms with Gasteiger partial charge in [0.05, 0.1) is 5.69 Å². The van der Waals surface area contributed by atoms with E-state index in [0.717, 1.165) is 71.6 Å². The summed E-state index contributed by atoms with van der Waals surface area (Å²) in [6.07, 6.45) is 1.96. The van der Waals surface area contributed by atoms with Crippen LogP contribution >= 0.6 is 0 Å². The van der Waals surface area contributed by atoms with Crippen LogP contribution in [-0.2, 0) is 0 Å². The summed E-state index contributed by atoms with van der Waals surface area (Å²) < 4.78 is 12.9. The molecule has 0 amide bonds. The van der Waals surface area contributed by atoms with Crippen LogP contribution in [0.5, 0.6) is 0 Å². The van der Waals surface area contributed by atoms with Crippen molar-refractivity contribution in [3.8, 4) is 11.1 Å². The first-order valence-electron chi connectivity index (χ1n) is 14.1.